The van der Waals surface area contributed by atoms with Gasteiger partial charge in [-0.1, -0.05) is 13.0 Å². The van der Waals surface area contributed by atoms with Gasteiger partial charge in [0.2, 0.25) is 5.82 Å². The van der Waals surface area contributed by atoms with E-state index in [2.05, 4.69) is 15.6 Å². The van der Waals surface area contributed by atoms with Gasteiger partial charge < -0.3 is 24.8 Å². The van der Waals surface area contributed by atoms with Crippen molar-refractivity contribution in [3.8, 4) is 5.75 Å². The second kappa shape index (κ2) is 11.1. The Hall–Kier alpha value is -2.83. The average molecular weight is 546 g/mol. The van der Waals surface area contributed by atoms with E-state index in [-0.39, 0.29) is 16.8 Å². The summed E-state index contributed by atoms with van der Waals surface area (Å²) in [5, 5.41) is 5.85. The number of methoxy groups -OCH3 is 2. The standard InChI is InChI=1S/C26H32F5N3O4/c1-14-19(17-7-8-18(27)20(28)21(17)37-6)22(38-25(14,4)26(29,30)31)23(35)34-15-9-10-32-16(11-15)12-33-24(2,3)13-36-5/h7-11,14,19,22,33H,12-13H2,1-6H3,(H,32,34,35)/t14-,19-,22+,25+/m0/s1. The molecule has 12 heteroatoms. The van der Waals surface area contributed by atoms with E-state index in [0.717, 1.165) is 26.2 Å². The summed E-state index contributed by atoms with van der Waals surface area (Å²) < 4.78 is 86.3. The molecule has 2 aromatic rings. The summed E-state index contributed by atoms with van der Waals surface area (Å²) in [4.78, 5) is 17.6. The number of pyridine rings is 1. The highest BCUT2D eigenvalue weighted by Gasteiger charge is 2.65. The third-order valence-electron chi connectivity index (χ3n) is 6.91. The lowest BCUT2D eigenvalue weighted by Gasteiger charge is -2.32. The molecular weight excluding hydrogens is 513 g/mol. The fraction of sp³-hybridized carbons (Fsp3) is 0.538. The highest BCUT2D eigenvalue weighted by atomic mass is 19.4. The molecule has 2 heterocycles. The van der Waals surface area contributed by atoms with Crippen molar-refractivity contribution in [2.45, 2.75) is 63.6 Å². The zero-order valence-electron chi connectivity index (χ0n) is 22.0. The highest BCUT2D eigenvalue weighted by Crippen LogP contribution is 2.55. The molecule has 0 aliphatic carbocycles. The number of hydrogen-bond donors (Lipinski definition) is 2. The van der Waals surface area contributed by atoms with E-state index in [1.54, 1.807) is 13.2 Å². The van der Waals surface area contributed by atoms with Crippen molar-refractivity contribution in [2.75, 3.05) is 26.1 Å². The van der Waals surface area contributed by atoms with Gasteiger partial charge in [-0.15, -0.1) is 0 Å². The van der Waals surface area contributed by atoms with Gasteiger partial charge in [0.1, 0.15) is 6.10 Å². The fourth-order valence-electron chi connectivity index (χ4n) is 4.65. The molecule has 1 aromatic carbocycles. The van der Waals surface area contributed by atoms with Gasteiger partial charge in [0, 0.05) is 48.5 Å². The molecule has 1 aliphatic heterocycles. The number of anilines is 1. The molecule has 7 nitrogen and oxygen atoms in total. The predicted octanol–water partition coefficient (Wildman–Crippen LogP) is 4.96. The van der Waals surface area contributed by atoms with E-state index in [1.165, 1.54) is 19.2 Å². The highest BCUT2D eigenvalue weighted by molar-refractivity contribution is 5.95. The number of halogens is 5. The number of nitrogens with zero attached hydrogens (tertiary/aromatic N) is 1. The van der Waals surface area contributed by atoms with Crippen molar-refractivity contribution < 1.29 is 41.0 Å². The summed E-state index contributed by atoms with van der Waals surface area (Å²) in [7, 11) is 2.65. The number of carbonyl (C=O) groups excluding carboxylic acids is 1. The van der Waals surface area contributed by atoms with Gasteiger partial charge in [-0.25, -0.2) is 4.39 Å². The number of alkyl halides is 3. The Labute approximate surface area is 218 Å². The van der Waals surface area contributed by atoms with Crippen molar-refractivity contribution in [1.82, 2.24) is 10.3 Å². The molecule has 3 rings (SSSR count). The Kier molecular flexibility index (Phi) is 8.69. The molecule has 1 amide bonds. The van der Waals surface area contributed by atoms with Crippen LogP contribution in [-0.4, -0.2) is 55.1 Å². The lowest BCUT2D eigenvalue weighted by Crippen LogP contribution is -2.47. The molecule has 1 aliphatic rings. The molecule has 0 spiro atoms. The van der Waals surface area contributed by atoms with Crippen LogP contribution in [-0.2, 0) is 20.8 Å². The number of amides is 1. The number of benzene rings is 1. The summed E-state index contributed by atoms with van der Waals surface area (Å²) in [6.07, 6.45) is -5.09. The van der Waals surface area contributed by atoms with Crippen LogP contribution in [0, 0.1) is 17.6 Å². The first-order chi connectivity index (χ1) is 17.6. The SMILES string of the molecule is COCC(C)(C)NCc1cc(NC(=O)[C@@H]2O[C@@](C)(C(F)(F)F)[C@@H](C)[C@H]2c2ccc(F)c(F)c2OC)ccn1. The van der Waals surface area contributed by atoms with E-state index in [1.807, 2.05) is 13.8 Å². The second-order valence-corrected chi connectivity index (χ2v) is 10.1. The summed E-state index contributed by atoms with van der Waals surface area (Å²) in [6, 6.07) is 4.95. The third kappa shape index (κ3) is 5.92. The molecule has 0 radical (unpaired) electrons. The first-order valence-electron chi connectivity index (χ1n) is 11.9. The zero-order chi connectivity index (χ0) is 28.5. The number of hydrogen-bond acceptors (Lipinski definition) is 6. The number of nitrogens with one attached hydrogen (secondary N) is 2. The molecule has 1 saturated heterocycles. The Morgan fingerprint density at radius 3 is 2.47 bits per heavy atom. The van der Waals surface area contributed by atoms with Crippen LogP contribution >= 0.6 is 0 Å². The Bertz CT molecular complexity index is 1160. The zero-order valence-corrected chi connectivity index (χ0v) is 22.0. The molecule has 4 atom stereocenters. The molecule has 2 N–H and O–H groups in total. The maximum atomic E-state index is 14.5. The van der Waals surface area contributed by atoms with Crippen LogP contribution in [0.15, 0.2) is 30.5 Å². The molecule has 0 unspecified atom stereocenters. The molecule has 0 bridgehead atoms. The van der Waals surface area contributed by atoms with Gasteiger partial charge >= 0.3 is 6.18 Å². The van der Waals surface area contributed by atoms with Crippen LogP contribution in [0.4, 0.5) is 27.6 Å². The Morgan fingerprint density at radius 1 is 1.18 bits per heavy atom. The van der Waals surface area contributed by atoms with E-state index >= 15 is 0 Å². The van der Waals surface area contributed by atoms with Crippen LogP contribution in [0.25, 0.3) is 0 Å². The van der Waals surface area contributed by atoms with Gasteiger partial charge in [-0.05, 0) is 39.0 Å². The summed E-state index contributed by atoms with van der Waals surface area (Å²) in [5.74, 6) is -6.71. The van der Waals surface area contributed by atoms with Crippen LogP contribution in [0.3, 0.4) is 0 Å². The minimum atomic E-state index is -4.85. The third-order valence-corrected chi connectivity index (χ3v) is 6.91. The van der Waals surface area contributed by atoms with E-state index in [4.69, 9.17) is 14.2 Å². The fourth-order valence-corrected chi connectivity index (χ4v) is 4.65. The van der Waals surface area contributed by atoms with E-state index in [9.17, 15) is 26.7 Å². The van der Waals surface area contributed by atoms with Crippen molar-refractivity contribution in [2.24, 2.45) is 5.92 Å². The van der Waals surface area contributed by atoms with Gasteiger partial charge in [0.05, 0.1) is 19.4 Å². The van der Waals surface area contributed by atoms with Crippen molar-refractivity contribution in [3.05, 3.63) is 53.4 Å². The first kappa shape index (κ1) is 29.7. The molecule has 1 fully saturated rings. The minimum absolute atomic E-state index is 0.105. The minimum Gasteiger partial charge on any atom is -0.493 e. The van der Waals surface area contributed by atoms with Gasteiger partial charge in [-0.2, -0.15) is 17.6 Å². The number of aromatic nitrogens is 1. The molecule has 38 heavy (non-hydrogen) atoms. The topological polar surface area (TPSA) is 81.7 Å². The molecule has 0 saturated carbocycles. The number of carbonyl (C=O) groups is 1. The van der Waals surface area contributed by atoms with E-state index < -0.39 is 53.0 Å². The maximum absolute atomic E-state index is 14.5. The molecule has 1 aromatic heterocycles. The first-order valence-corrected chi connectivity index (χ1v) is 11.9. The summed E-state index contributed by atoms with van der Waals surface area (Å²) in [6.45, 7) is 6.73. The molecular formula is C26H32F5N3O4. The lowest BCUT2D eigenvalue weighted by molar-refractivity contribution is -0.272. The number of rotatable bonds is 9. The average Bonchev–Trinajstić information content (AvgIpc) is 3.11. The summed E-state index contributed by atoms with van der Waals surface area (Å²) >= 11 is 0. The monoisotopic (exact) mass is 545 g/mol. The van der Waals surface area contributed by atoms with Crippen molar-refractivity contribution in [1.29, 1.82) is 0 Å². The Balaban J connectivity index is 1.93. The van der Waals surface area contributed by atoms with Gasteiger partial charge in [-0.3, -0.25) is 9.78 Å². The lowest BCUT2D eigenvalue weighted by atomic mass is 9.77. The van der Waals surface area contributed by atoms with Crippen LogP contribution in [0.1, 0.15) is 44.9 Å². The Morgan fingerprint density at radius 2 is 1.87 bits per heavy atom. The van der Waals surface area contributed by atoms with Crippen LogP contribution in [0.5, 0.6) is 5.75 Å². The second-order valence-electron chi connectivity index (χ2n) is 10.1. The smallest absolute Gasteiger partial charge is 0.417 e. The largest absolute Gasteiger partial charge is 0.493 e. The normalized spacial score (nSPS) is 23.9. The number of ether oxygens (including phenoxy) is 3. The van der Waals surface area contributed by atoms with Crippen LogP contribution in [0.2, 0.25) is 0 Å². The van der Waals surface area contributed by atoms with E-state index in [0.29, 0.717) is 18.8 Å². The summed E-state index contributed by atoms with van der Waals surface area (Å²) in [5.41, 5.74) is -2.36. The van der Waals surface area contributed by atoms with Gasteiger partial charge in [0.25, 0.3) is 5.91 Å². The van der Waals surface area contributed by atoms with Crippen molar-refractivity contribution in [3.63, 3.8) is 0 Å². The quantitative estimate of drug-likeness (QED) is 0.434. The van der Waals surface area contributed by atoms with Crippen molar-refractivity contribution >= 4 is 11.6 Å². The van der Waals surface area contributed by atoms with Gasteiger partial charge in [0.15, 0.2) is 17.2 Å². The van der Waals surface area contributed by atoms with Crippen LogP contribution < -0.4 is 15.4 Å². The molecule has 210 valence electrons. The predicted molar refractivity (Wildman–Crippen MR) is 130 cm³/mol. The maximum Gasteiger partial charge on any atom is 0.417 e.